The molecule has 3 heteroatoms. The average molecular weight is 217 g/mol. The molecule has 1 fully saturated rings. The highest BCUT2D eigenvalue weighted by Gasteiger charge is 2.40. The second-order valence-electron chi connectivity index (χ2n) is 4.25. The van der Waals surface area contributed by atoms with Gasteiger partial charge in [0.1, 0.15) is 0 Å². The molecule has 0 bridgehead atoms. The van der Waals surface area contributed by atoms with Gasteiger partial charge < -0.3 is 0 Å². The van der Waals surface area contributed by atoms with Crippen LogP contribution >= 0.6 is 22.4 Å². The average Bonchev–Trinajstić information content (AvgIpc) is 2.55. The van der Waals surface area contributed by atoms with Crippen molar-refractivity contribution in [3.8, 4) is 0 Å². The highest BCUT2D eigenvalue weighted by molar-refractivity contribution is 8.34. The summed E-state index contributed by atoms with van der Waals surface area (Å²) in [5, 5.41) is 2.64. The lowest BCUT2D eigenvalue weighted by atomic mass is 10.1. The van der Waals surface area contributed by atoms with Gasteiger partial charge >= 0.3 is 0 Å². The molecule has 0 aromatic carbocycles. The molecule has 0 aromatic rings. The van der Waals surface area contributed by atoms with Crippen molar-refractivity contribution in [2.24, 2.45) is 4.40 Å². The van der Waals surface area contributed by atoms with Crippen molar-refractivity contribution < 1.29 is 0 Å². The maximum absolute atomic E-state index is 4.78. The first-order chi connectivity index (χ1) is 6.08. The molecule has 0 amide bonds. The fraction of sp³-hybridized carbons (Fsp3) is 0.900. The Morgan fingerprint density at radius 3 is 2.31 bits per heavy atom. The van der Waals surface area contributed by atoms with E-state index in [4.69, 9.17) is 12.2 Å². The molecule has 0 N–H and O–H groups in total. The van der Waals surface area contributed by atoms with Gasteiger partial charge in [-0.1, -0.05) is 20.8 Å². The monoisotopic (exact) mass is 217 g/mol. The summed E-state index contributed by atoms with van der Waals surface area (Å²) in [7, 11) is -0.830. The molecule has 0 spiro atoms. The standard InChI is InChI=1S/C10H19NS2/c1-4-10(2,3)13(11-9-12)7-5-6-8-13/h4-8H2,1-3H3. The van der Waals surface area contributed by atoms with Crippen molar-refractivity contribution in [2.75, 3.05) is 11.5 Å². The fourth-order valence-electron chi connectivity index (χ4n) is 1.89. The van der Waals surface area contributed by atoms with Crippen molar-refractivity contribution in [2.45, 2.75) is 44.8 Å². The van der Waals surface area contributed by atoms with Gasteiger partial charge in [-0.05, 0) is 43.0 Å². The molecule has 1 nitrogen and oxygen atoms in total. The van der Waals surface area contributed by atoms with Gasteiger partial charge in [0.2, 0.25) is 0 Å². The summed E-state index contributed by atoms with van der Waals surface area (Å²) in [4.78, 5) is 0. The number of hydrogen-bond acceptors (Lipinski definition) is 2. The van der Waals surface area contributed by atoms with E-state index in [-0.39, 0.29) is 0 Å². The molecule has 76 valence electrons. The molecule has 0 aromatic heterocycles. The lowest BCUT2D eigenvalue weighted by Gasteiger charge is -2.44. The largest absolute Gasteiger partial charge is 0.182 e. The van der Waals surface area contributed by atoms with E-state index < -0.39 is 10.2 Å². The van der Waals surface area contributed by atoms with Gasteiger partial charge in [0, 0.05) is 4.75 Å². The third kappa shape index (κ3) is 1.98. The first-order valence-corrected chi connectivity index (χ1v) is 7.29. The van der Waals surface area contributed by atoms with Gasteiger partial charge in [0.25, 0.3) is 0 Å². The molecule has 0 aliphatic carbocycles. The van der Waals surface area contributed by atoms with Gasteiger partial charge in [-0.3, -0.25) is 0 Å². The van der Waals surface area contributed by atoms with E-state index >= 15 is 0 Å². The predicted molar refractivity (Wildman–Crippen MR) is 66.0 cm³/mol. The van der Waals surface area contributed by atoms with Crippen LogP contribution in [0.15, 0.2) is 4.40 Å². The Hall–Kier alpha value is 0.150. The van der Waals surface area contributed by atoms with Crippen molar-refractivity contribution in [1.82, 2.24) is 0 Å². The van der Waals surface area contributed by atoms with Crippen LogP contribution in [0, 0.1) is 0 Å². The summed E-state index contributed by atoms with van der Waals surface area (Å²) < 4.78 is 4.90. The maximum Gasteiger partial charge on any atom is 0.0700 e. The SMILES string of the molecule is CCC(C)(C)S1(N=C=S)CCCC1. The summed E-state index contributed by atoms with van der Waals surface area (Å²) in [5.41, 5.74) is 0. The Morgan fingerprint density at radius 1 is 1.38 bits per heavy atom. The van der Waals surface area contributed by atoms with Gasteiger partial charge in [-0.25, -0.2) is 0 Å². The zero-order valence-corrected chi connectivity index (χ0v) is 10.4. The molecule has 1 aliphatic rings. The first kappa shape index (κ1) is 11.2. The smallest absolute Gasteiger partial charge is 0.0700 e. The van der Waals surface area contributed by atoms with Crippen molar-refractivity contribution >= 4 is 27.6 Å². The Morgan fingerprint density at radius 2 is 1.92 bits per heavy atom. The van der Waals surface area contributed by atoms with Crippen LogP contribution in [0.25, 0.3) is 0 Å². The van der Waals surface area contributed by atoms with Crippen molar-refractivity contribution in [1.29, 1.82) is 0 Å². The molecule has 1 aliphatic heterocycles. The first-order valence-electron chi connectivity index (χ1n) is 4.95. The Bertz CT molecular complexity index is 223. The quantitative estimate of drug-likeness (QED) is 0.517. The number of hydrogen-bond donors (Lipinski definition) is 0. The van der Waals surface area contributed by atoms with Crippen molar-refractivity contribution in [3.05, 3.63) is 0 Å². The van der Waals surface area contributed by atoms with Crippen LogP contribution in [0.5, 0.6) is 0 Å². The maximum atomic E-state index is 4.78. The van der Waals surface area contributed by atoms with Gasteiger partial charge in [0.15, 0.2) is 0 Å². The topological polar surface area (TPSA) is 12.4 Å². The minimum Gasteiger partial charge on any atom is -0.182 e. The Labute approximate surface area is 88.5 Å². The van der Waals surface area contributed by atoms with E-state index in [1.54, 1.807) is 0 Å². The molecule has 0 saturated carbocycles. The normalized spacial score (nSPS) is 23.6. The third-order valence-corrected chi connectivity index (χ3v) is 8.23. The molecular weight excluding hydrogens is 198 g/mol. The van der Waals surface area contributed by atoms with E-state index in [0.29, 0.717) is 4.75 Å². The second kappa shape index (κ2) is 4.12. The van der Waals surface area contributed by atoms with Crippen LogP contribution in [0.1, 0.15) is 40.0 Å². The van der Waals surface area contributed by atoms with Gasteiger partial charge in [-0.15, -0.1) is 10.2 Å². The minimum absolute atomic E-state index is 0.356. The van der Waals surface area contributed by atoms with E-state index in [2.05, 4.69) is 30.3 Å². The predicted octanol–water partition coefficient (Wildman–Crippen LogP) is 3.79. The van der Waals surface area contributed by atoms with Crippen LogP contribution in [0.4, 0.5) is 0 Å². The van der Waals surface area contributed by atoms with Crippen molar-refractivity contribution in [3.63, 3.8) is 0 Å². The number of isothiocyanates is 1. The van der Waals surface area contributed by atoms with E-state index in [0.717, 1.165) is 0 Å². The summed E-state index contributed by atoms with van der Waals surface area (Å²) >= 11 is 4.78. The summed E-state index contributed by atoms with van der Waals surface area (Å²) in [6, 6.07) is 0. The highest BCUT2D eigenvalue weighted by atomic mass is 32.3. The summed E-state index contributed by atoms with van der Waals surface area (Å²) in [5.74, 6) is 2.55. The van der Waals surface area contributed by atoms with Crippen LogP contribution in [0.2, 0.25) is 0 Å². The molecular formula is C10H19NS2. The van der Waals surface area contributed by atoms with Crippen LogP contribution in [0.3, 0.4) is 0 Å². The zero-order valence-electron chi connectivity index (χ0n) is 8.80. The molecule has 1 saturated heterocycles. The number of nitrogens with zero attached hydrogens (tertiary/aromatic N) is 1. The van der Waals surface area contributed by atoms with Crippen LogP contribution < -0.4 is 0 Å². The summed E-state index contributed by atoms with van der Waals surface area (Å²) in [6.45, 7) is 6.93. The fourth-order valence-corrected chi connectivity index (χ4v) is 6.10. The van der Waals surface area contributed by atoms with Gasteiger partial charge in [0.05, 0.1) is 5.16 Å². The second-order valence-corrected chi connectivity index (χ2v) is 8.22. The van der Waals surface area contributed by atoms with Crippen LogP contribution in [-0.2, 0) is 0 Å². The summed E-state index contributed by atoms with van der Waals surface area (Å²) in [6.07, 6.45) is 3.86. The minimum atomic E-state index is -0.830. The number of thiocarbonyl (C=S) groups is 1. The molecule has 1 rings (SSSR count). The molecule has 13 heavy (non-hydrogen) atoms. The molecule has 1 heterocycles. The van der Waals surface area contributed by atoms with Crippen LogP contribution in [-0.4, -0.2) is 21.4 Å². The highest BCUT2D eigenvalue weighted by Crippen LogP contribution is 2.65. The van der Waals surface area contributed by atoms with Gasteiger partial charge in [-0.2, -0.15) is 4.40 Å². The third-order valence-electron chi connectivity index (χ3n) is 3.31. The van der Waals surface area contributed by atoms with E-state index in [9.17, 15) is 0 Å². The Kier molecular flexibility index (Phi) is 3.56. The molecule has 0 radical (unpaired) electrons. The zero-order chi connectivity index (χ0) is 9.95. The lowest BCUT2D eigenvalue weighted by Crippen LogP contribution is -2.27. The Balaban J connectivity index is 2.96. The number of rotatable bonds is 3. The van der Waals surface area contributed by atoms with E-state index in [1.807, 2.05) is 0 Å². The lowest BCUT2D eigenvalue weighted by molar-refractivity contribution is 0.671. The molecule has 0 atom stereocenters. The molecule has 0 unspecified atom stereocenters. The van der Waals surface area contributed by atoms with E-state index in [1.165, 1.54) is 30.8 Å².